The molecule has 100 valence electrons. The SMILES string of the molecule is C[C@@H]1CN([C@H](C)Cc2ccccc2F)C[C@@H](C)O1. The van der Waals surface area contributed by atoms with Crippen molar-refractivity contribution in [2.24, 2.45) is 0 Å². The summed E-state index contributed by atoms with van der Waals surface area (Å²) in [4.78, 5) is 2.39. The van der Waals surface area contributed by atoms with Gasteiger partial charge in [0, 0.05) is 19.1 Å². The van der Waals surface area contributed by atoms with Crippen molar-refractivity contribution in [1.82, 2.24) is 4.90 Å². The third-order valence-electron chi connectivity index (χ3n) is 3.54. The van der Waals surface area contributed by atoms with E-state index in [0.717, 1.165) is 25.1 Å². The zero-order chi connectivity index (χ0) is 13.1. The first-order chi connectivity index (χ1) is 8.56. The van der Waals surface area contributed by atoms with Crippen LogP contribution >= 0.6 is 0 Å². The fourth-order valence-corrected chi connectivity index (χ4v) is 2.69. The third kappa shape index (κ3) is 3.30. The molecule has 1 fully saturated rings. The normalized spacial score (nSPS) is 27.1. The van der Waals surface area contributed by atoms with Crippen molar-refractivity contribution in [3.05, 3.63) is 35.6 Å². The van der Waals surface area contributed by atoms with Crippen molar-refractivity contribution < 1.29 is 9.13 Å². The molecule has 1 aromatic rings. The second-order valence-corrected chi connectivity index (χ2v) is 5.36. The topological polar surface area (TPSA) is 12.5 Å². The molecule has 1 heterocycles. The highest BCUT2D eigenvalue weighted by Gasteiger charge is 2.26. The second-order valence-electron chi connectivity index (χ2n) is 5.36. The first-order valence-corrected chi connectivity index (χ1v) is 6.69. The molecule has 2 rings (SSSR count). The van der Waals surface area contributed by atoms with Crippen molar-refractivity contribution in [3.8, 4) is 0 Å². The van der Waals surface area contributed by atoms with Crippen LogP contribution in [0, 0.1) is 5.82 Å². The van der Waals surface area contributed by atoms with Gasteiger partial charge in [-0.1, -0.05) is 18.2 Å². The third-order valence-corrected chi connectivity index (χ3v) is 3.54. The Bertz CT molecular complexity index is 386. The largest absolute Gasteiger partial charge is 0.373 e. The molecule has 3 heteroatoms. The molecular weight excluding hydrogens is 229 g/mol. The molecule has 1 saturated heterocycles. The highest BCUT2D eigenvalue weighted by Crippen LogP contribution is 2.17. The van der Waals surface area contributed by atoms with Crippen LogP contribution in [0.1, 0.15) is 26.3 Å². The van der Waals surface area contributed by atoms with Crippen LogP contribution in [0.5, 0.6) is 0 Å². The summed E-state index contributed by atoms with van der Waals surface area (Å²) >= 11 is 0. The Labute approximate surface area is 109 Å². The van der Waals surface area contributed by atoms with Crippen LogP contribution in [0.15, 0.2) is 24.3 Å². The van der Waals surface area contributed by atoms with Crippen LogP contribution in [0.25, 0.3) is 0 Å². The van der Waals surface area contributed by atoms with Crippen molar-refractivity contribution in [2.75, 3.05) is 13.1 Å². The zero-order valence-corrected chi connectivity index (χ0v) is 11.4. The molecule has 0 unspecified atom stereocenters. The Morgan fingerprint density at radius 3 is 2.50 bits per heavy atom. The summed E-state index contributed by atoms with van der Waals surface area (Å²) in [5.74, 6) is -0.0984. The number of morpholine rings is 1. The number of rotatable bonds is 3. The van der Waals surface area contributed by atoms with E-state index in [1.807, 2.05) is 12.1 Å². The Morgan fingerprint density at radius 2 is 1.89 bits per heavy atom. The summed E-state index contributed by atoms with van der Waals surface area (Å²) in [6.07, 6.45) is 1.28. The smallest absolute Gasteiger partial charge is 0.126 e. The van der Waals surface area contributed by atoms with Gasteiger partial charge in [-0.15, -0.1) is 0 Å². The van der Waals surface area contributed by atoms with Crippen molar-refractivity contribution in [2.45, 2.75) is 45.4 Å². The lowest BCUT2D eigenvalue weighted by molar-refractivity contribution is -0.0783. The standard InChI is InChI=1S/C15H22FNO/c1-11(8-14-6-4-5-7-15(14)16)17-9-12(2)18-13(3)10-17/h4-7,11-13H,8-10H2,1-3H3/t11-,12-,13-/m1/s1. The van der Waals surface area contributed by atoms with E-state index in [1.54, 1.807) is 6.07 Å². The average molecular weight is 251 g/mol. The van der Waals surface area contributed by atoms with E-state index >= 15 is 0 Å². The van der Waals surface area contributed by atoms with Gasteiger partial charge in [0.1, 0.15) is 5.82 Å². The number of benzene rings is 1. The van der Waals surface area contributed by atoms with E-state index in [9.17, 15) is 4.39 Å². The molecule has 1 aromatic carbocycles. The maximum absolute atomic E-state index is 13.6. The zero-order valence-electron chi connectivity index (χ0n) is 11.4. The summed E-state index contributed by atoms with van der Waals surface area (Å²) in [5, 5.41) is 0. The molecule has 0 bridgehead atoms. The fourth-order valence-electron chi connectivity index (χ4n) is 2.69. The first-order valence-electron chi connectivity index (χ1n) is 6.69. The quantitative estimate of drug-likeness (QED) is 0.819. The molecule has 0 radical (unpaired) electrons. The van der Waals surface area contributed by atoms with Crippen LogP contribution in [0.4, 0.5) is 4.39 Å². The van der Waals surface area contributed by atoms with E-state index in [2.05, 4.69) is 25.7 Å². The molecule has 0 amide bonds. The molecule has 0 N–H and O–H groups in total. The second kappa shape index (κ2) is 5.81. The summed E-state index contributed by atoms with van der Waals surface area (Å²) in [6, 6.07) is 7.39. The Kier molecular flexibility index (Phi) is 4.36. The lowest BCUT2D eigenvalue weighted by atomic mass is 10.0. The maximum atomic E-state index is 13.6. The fraction of sp³-hybridized carbons (Fsp3) is 0.600. The minimum atomic E-state index is -0.0984. The molecule has 3 atom stereocenters. The lowest BCUT2D eigenvalue weighted by Gasteiger charge is -2.39. The van der Waals surface area contributed by atoms with Gasteiger partial charge in [-0.05, 0) is 38.8 Å². The van der Waals surface area contributed by atoms with Gasteiger partial charge >= 0.3 is 0 Å². The Hall–Kier alpha value is -0.930. The van der Waals surface area contributed by atoms with Gasteiger partial charge in [-0.3, -0.25) is 4.90 Å². The van der Waals surface area contributed by atoms with E-state index < -0.39 is 0 Å². The predicted molar refractivity (Wildman–Crippen MR) is 71.1 cm³/mol. The molecule has 18 heavy (non-hydrogen) atoms. The molecular formula is C15H22FNO. The minimum Gasteiger partial charge on any atom is -0.373 e. The van der Waals surface area contributed by atoms with Gasteiger partial charge in [0.25, 0.3) is 0 Å². The van der Waals surface area contributed by atoms with Crippen molar-refractivity contribution >= 4 is 0 Å². The van der Waals surface area contributed by atoms with Crippen LogP contribution in [-0.4, -0.2) is 36.2 Å². The van der Waals surface area contributed by atoms with Gasteiger partial charge in [0.15, 0.2) is 0 Å². The van der Waals surface area contributed by atoms with Gasteiger partial charge < -0.3 is 4.74 Å². The maximum Gasteiger partial charge on any atom is 0.126 e. The minimum absolute atomic E-state index is 0.0984. The average Bonchev–Trinajstić information content (AvgIpc) is 2.31. The van der Waals surface area contributed by atoms with Crippen LogP contribution in [-0.2, 0) is 11.2 Å². The van der Waals surface area contributed by atoms with E-state index in [1.165, 1.54) is 6.07 Å². The molecule has 0 saturated carbocycles. The number of halogens is 1. The number of hydrogen-bond donors (Lipinski definition) is 0. The first kappa shape index (κ1) is 13.5. The molecule has 0 spiro atoms. The summed E-state index contributed by atoms with van der Waals surface area (Å²) in [6.45, 7) is 8.22. The van der Waals surface area contributed by atoms with E-state index in [-0.39, 0.29) is 18.0 Å². The van der Waals surface area contributed by atoms with E-state index in [0.29, 0.717) is 6.04 Å². The predicted octanol–water partition coefficient (Wildman–Crippen LogP) is 2.87. The summed E-state index contributed by atoms with van der Waals surface area (Å²) < 4.78 is 19.4. The lowest BCUT2D eigenvalue weighted by Crippen LogP contribution is -2.49. The number of ether oxygens (including phenoxy) is 1. The van der Waals surface area contributed by atoms with Gasteiger partial charge in [-0.2, -0.15) is 0 Å². The Balaban J connectivity index is 1.99. The number of hydrogen-bond acceptors (Lipinski definition) is 2. The van der Waals surface area contributed by atoms with Crippen molar-refractivity contribution in [3.63, 3.8) is 0 Å². The Morgan fingerprint density at radius 1 is 1.28 bits per heavy atom. The van der Waals surface area contributed by atoms with Crippen molar-refractivity contribution in [1.29, 1.82) is 0 Å². The molecule has 1 aliphatic heterocycles. The highest BCUT2D eigenvalue weighted by atomic mass is 19.1. The summed E-state index contributed by atoms with van der Waals surface area (Å²) in [5.41, 5.74) is 0.803. The van der Waals surface area contributed by atoms with Crippen LogP contribution in [0.3, 0.4) is 0 Å². The monoisotopic (exact) mass is 251 g/mol. The molecule has 0 aromatic heterocycles. The number of nitrogens with zero attached hydrogens (tertiary/aromatic N) is 1. The summed E-state index contributed by atoms with van der Waals surface area (Å²) in [7, 11) is 0. The van der Waals surface area contributed by atoms with Gasteiger partial charge in [0.05, 0.1) is 12.2 Å². The van der Waals surface area contributed by atoms with Crippen LogP contribution < -0.4 is 0 Å². The molecule has 1 aliphatic rings. The molecule has 0 aliphatic carbocycles. The van der Waals surface area contributed by atoms with Crippen LogP contribution in [0.2, 0.25) is 0 Å². The van der Waals surface area contributed by atoms with Gasteiger partial charge in [0.2, 0.25) is 0 Å². The van der Waals surface area contributed by atoms with E-state index in [4.69, 9.17) is 4.74 Å². The molecule has 2 nitrogen and oxygen atoms in total. The van der Waals surface area contributed by atoms with Gasteiger partial charge in [-0.25, -0.2) is 4.39 Å². The highest BCUT2D eigenvalue weighted by molar-refractivity contribution is 5.18.